The molecule has 2 aromatic rings. The van der Waals surface area contributed by atoms with Crippen molar-refractivity contribution in [3.63, 3.8) is 0 Å². The highest BCUT2D eigenvalue weighted by molar-refractivity contribution is 6.30. The predicted octanol–water partition coefficient (Wildman–Crippen LogP) is 3.17. The number of nitrogens with one attached hydrogen (secondary N) is 1. The Morgan fingerprint density at radius 3 is 2.35 bits per heavy atom. The average Bonchev–Trinajstić information content (AvgIpc) is 2.78. The van der Waals surface area contributed by atoms with Gasteiger partial charge in [-0.2, -0.15) is 0 Å². The highest BCUT2D eigenvalue weighted by atomic mass is 35.5. The van der Waals surface area contributed by atoms with Crippen LogP contribution in [0.3, 0.4) is 0 Å². The van der Waals surface area contributed by atoms with Gasteiger partial charge in [-0.25, -0.2) is 9.59 Å². The fourth-order valence-corrected chi connectivity index (χ4v) is 2.96. The summed E-state index contributed by atoms with van der Waals surface area (Å²) in [4.78, 5) is 19.1. The molecule has 0 radical (unpaired) electrons. The maximum Gasteiger partial charge on any atom is 0.328 e. The summed E-state index contributed by atoms with van der Waals surface area (Å²) in [6.07, 6.45) is 0.829. The first-order valence-corrected chi connectivity index (χ1v) is 9.80. The van der Waals surface area contributed by atoms with E-state index in [1.54, 1.807) is 19.2 Å². The molecule has 0 saturated carbocycles. The van der Waals surface area contributed by atoms with E-state index >= 15 is 0 Å². The molecule has 1 aliphatic heterocycles. The quantitative estimate of drug-likeness (QED) is 0.552. The molecule has 0 aliphatic carbocycles. The molecule has 0 aromatic heterocycles. The number of hydrogen-bond acceptors (Lipinski definition) is 6. The first kappa shape index (κ1) is 24.2. The monoisotopic (exact) mass is 449 g/mol. The highest BCUT2D eigenvalue weighted by Gasteiger charge is 2.28. The summed E-state index contributed by atoms with van der Waals surface area (Å²) in [7, 11) is 1.61. The molecule has 0 spiro atoms. The molecule has 1 saturated heterocycles. The molecule has 3 rings (SSSR count). The molecule has 0 bridgehead atoms. The summed E-state index contributed by atoms with van der Waals surface area (Å²) >= 11 is 6.03. The van der Waals surface area contributed by atoms with Crippen molar-refractivity contribution in [2.45, 2.75) is 12.2 Å². The summed E-state index contributed by atoms with van der Waals surface area (Å²) in [5.41, 5.74) is 1.07. The fourth-order valence-electron chi connectivity index (χ4n) is 2.80. The lowest BCUT2D eigenvalue weighted by molar-refractivity contribution is -0.134. The van der Waals surface area contributed by atoms with E-state index in [-0.39, 0.29) is 12.2 Å². The first-order valence-electron chi connectivity index (χ1n) is 9.42. The number of ether oxygens (including phenoxy) is 3. The molecule has 166 valence electrons. The number of morpholine rings is 1. The van der Waals surface area contributed by atoms with Crippen LogP contribution in [0.1, 0.15) is 11.7 Å². The molecule has 2 atom stereocenters. The van der Waals surface area contributed by atoms with E-state index in [1.165, 1.54) is 0 Å². The number of rotatable bonds is 7. The number of carboxylic acids is 2. The van der Waals surface area contributed by atoms with Crippen LogP contribution < -0.4 is 14.8 Å². The second-order valence-corrected chi connectivity index (χ2v) is 6.80. The zero-order chi connectivity index (χ0) is 22.6. The SMILES string of the molecule is COc1cc(Cl)ccc1O[C@@H](c1ccccc1)[C@@H]1CNCCO1.O=C(O)/C=C/C(=O)O. The van der Waals surface area contributed by atoms with Gasteiger partial charge in [-0.05, 0) is 17.7 Å². The van der Waals surface area contributed by atoms with Gasteiger partial charge in [0.15, 0.2) is 17.6 Å². The van der Waals surface area contributed by atoms with Crippen molar-refractivity contribution in [2.24, 2.45) is 0 Å². The molecule has 0 unspecified atom stereocenters. The minimum Gasteiger partial charge on any atom is -0.493 e. The van der Waals surface area contributed by atoms with E-state index in [4.69, 9.17) is 36.0 Å². The molecule has 8 nitrogen and oxygen atoms in total. The standard InChI is InChI=1S/C18H20ClNO3.C4H4O4/c1-21-16-11-14(19)7-8-15(16)23-18(13-5-3-2-4-6-13)17-12-20-9-10-22-17;5-3(6)1-2-4(7)8/h2-8,11,17-18,20H,9-10,12H2,1H3;1-2H,(H,5,6)(H,7,8)/b;2-1+/t17-,18-;/m0./s1. The van der Waals surface area contributed by atoms with Crippen molar-refractivity contribution in [3.8, 4) is 11.5 Å². The average molecular weight is 450 g/mol. The highest BCUT2D eigenvalue weighted by Crippen LogP contribution is 2.35. The van der Waals surface area contributed by atoms with Crippen molar-refractivity contribution in [2.75, 3.05) is 26.8 Å². The van der Waals surface area contributed by atoms with Crippen LogP contribution in [0, 0.1) is 0 Å². The van der Waals surface area contributed by atoms with Crippen molar-refractivity contribution >= 4 is 23.5 Å². The number of benzene rings is 2. The summed E-state index contributed by atoms with van der Waals surface area (Å²) < 4.78 is 17.6. The Morgan fingerprint density at radius 2 is 1.81 bits per heavy atom. The normalized spacial score (nSPS) is 16.6. The maximum atomic E-state index is 9.55. The number of carboxylic acid groups (broad SMARTS) is 2. The number of hydrogen-bond donors (Lipinski definition) is 3. The van der Waals surface area contributed by atoms with E-state index in [1.807, 2.05) is 36.4 Å². The Morgan fingerprint density at radius 1 is 1.13 bits per heavy atom. The third kappa shape index (κ3) is 8.29. The Hall–Kier alpha value is -3.07. The fraction of sp³-hybridized carbons (Fsp3) is 0.273. The first-order chi connectivity index (χ1) is 14.9. The van der Waals surface area contributed by atoms with Gasteiger partial charge in [0.1, 0.15) is 6.10 Å². The molecule has 3 N–H and O–H groups in total. The van der Waals surface area contributed by atoms with Crippen LogP contribution in [0.25, 0.3) is 0 Å². The Bertz CT molecular complexity index is 867. The smallest absolute Gasteiger partial charge is 0.328 e. The zero-order valence-electron chi connectivity index (χ0n) is 16.9. The number of methoxy groups -OCH3 is 1. The van der Waals surface area contributed by atoms with Crippen LogP contribution >= 0.6 is 11.6 Å². The minimum absolute atomic E-state index is 0.0634. The second-order valence-electron chi connectivity index (χ2n) is 6.37. The lowest BCUT2D eigenvalue weighted by Crippen LogP contribution is -2.43. The Kier molecular flexibility index (Phi) is 9.83. The molecule has 1 aliphatic rings. The van der Waals surface area contributed by atoms with Crippen molar-refractivity contribution in [1.29, 1.82) is 0 Å². The van der Waals surface area contributed by atoms with Gasteiger partial charge in [0.05, 0.1) is 13.7 Å². The predicted molar refractivity (Wildman–Crippen MR) is 115 cm³/mol. The Labute approximate surface area is 185 Å². The summed E-state index contributed by atoms with van der Waals surface area (Å²) in [6.45, 7) is 2.28. The van der Waals surface area contributed by atoms with Gasteiger partial charge in [-0.1, -0.05) is 41.9 Å². The van der Waals surface area contributed by atoms with Crippen molar-refractivity contribution in [3.05, 3.63) is 71.3 Å². The third-order valence-corrected chi connectivity index (χ3v) is 4.41. The van der Waals surface area contributed by atoms with Gasteiger partial charge in [0, 0.05) is 36.3 Å². The van der Waals surface area contributed by atoms with Crippen LogP contribution in [-0.2, 0) is 14.3 Å². The number of aliphatic carboxylic acids is 2. The minimum atomic E-state index is -1.26. The molecular formula is C22H24ClNO7. The zero-order valence-corrected chi connectivity index (χ0v) is 17.6. The number of halogens is 1. The molecule has 31 heavy (non-hydrogen) atoms. The van der Waals surface area contributed by atoms with E-state index in [0.29, 0.717) is 35.3 Å². The summed E-state index contributed by atoms with van der Waals surface area (Å²) in [5.74, 6) is -1.25. The summed E-state index contributed by atoms with van der Waals surface area (Å²) in [6, 6.07) is 15.5. The summed E-state index contributed by atoms with van der Waals surface area (Å²) in [5, 5.41) is 19.6. The molecule has 0 amide bonds. The van der Waals surface area contributed by atoms with E-state index < -0.39 is 11.9 Å². The molecule has 2 aromatic carbocycles. The third-order valence-electron chi connectivity index (χ3n) is 4.17. The topological polar surface area (TPSA) is 114 Å². The van der Waals surface area contributed by atoms with Gasteiger partial charge >= 0.3 is 11.9 Å². The van der Waals surface area contributed by atoms with Crippen LogP contribution in [0.5, 0.6) is 11.5 Å². The van der Waals surface area contributed by atoms with E-state index in [2.05, 4.69) is 5.32 Å². The van der Waals surface area contributed by atoms with Gasteiger partial charge in [-0.3, -0.25) is 0 Å². The van der Waals surface area contributed by atoms with Gasteiger partial charge in [0.25, 0.3) is 0 Å². The van der Waals surface area contributed by atoms with Gasteiger partial charge in [-0.15, -0.1) is 0 Å². The Balaban J connectivity index is 0.000000366. The lowest BCUT2D eigenvalue weighted by atomic mass is 10.0. The van der Waals surface area contributed by atoms with Gasteiger partial charge in [0.2, 0.25) is 0 Å². The van der Waals surface area contributed by atoms with Crippen molar-refractivity contribution in [1.82, 2.24) is 5.32 Å². The van der Waals surface area contributed by atoms with E-state index in [9.17, 15) is 9.59 Å². The maximum absolute atomic E-state index is 9.55. The molecule has 1 fully saturated rings. The van der Waals surface area contributed by atoms with Crippen LogP contribution in [0.2, 0.25) is 5.02 Å². The van der Waals surface area contributed by atoms with Crippen LogP contribution in [0.4, 0.5) is 0 Å². The largest absolute Gasteiger partial charge is 0.493 e. The molecular weight excluding hydrogens is 426 g/mol. The van der Waals surface area contributed by atoms with E-state index in [0.717, 1.165) is 18.7 Å². The van der Waals surface area contributed by atoms with Crippen LogP contribution in [-0.4, -0.2) is 55.1 Å². The second kappa shape index (κ2) is 12.6. The number of carbonyl (C=O) groups is 2. The molecule has 1 heterocycles. The lowest BCUT2D eigenvalue weighted by Gasteiger charge is -2.32. The van der Waals surface area contributed by atoms with Gasteiger partial charge < -0.3 is 29.7 Å². The van der Waals surface area contributed by atoms with Crippen molar-refractivity contribution < 1.29 is 34.0 Å². The van der Waals surface area contributed by atoms with Crippen LogP contribution in [0.15, 0.2) is 60.7 Å². The molecule has 9 heteroatoms.